The Morgan fingerprint density at radius 1 is 1.22 bits per heavy atom. The first-order valence-electron chi connectivity index (χ1n) is 6.58. The molecule has 0 aromatic heterocycles. The molecule has 4 heteroatoms. The molecule has 1 aromatic rings. The average molecular weight is 250 g/mol. The lowest BCUT2D eigenvalue weighted by atomic mass is 10.1. The van der Waals surface area contributed by atoms with E-state index in [1.54, 1.807) is 13.2 Å². The van der Waals surface area contributed by atoms with E-state index >= 15 is 0 Å². The van der Waals surface area contributed by atoms with Crippen LogP contribution in [0.5, 0.6) is 11.5 Å². The van der Waals surface area contributed by atoms with E-state index in [1.807, 2.05) is 12.1 Å². The first-order chi connectivity index (χ1) is 8.79. The van der Waals surface area contributed by atoms with Gasteiger partial charge in [-0.1, -0.05) is 6.42 Å². The van der Waals surface area contributed by atoms with E-state index in [2.05, 4.69) is 4.90 Å². The Morgan fingerprint density at radius 2 is 2.00 bits per heavy atom. The molecule has 1 aromatic carbocycles. The molecule has 4 nitrogen and oxygen atoms in total. The van der Waals surface area contributed by atoms with E-state index in [-0.39, 0.29) is 0 Å². The number of rotatable bonds is 5. The number of likely N-dealkylation sites (tertiary alicyclic amines) is 1. The highest BCUT2D eigenvalue weighted by atomic mass is 16.5. The standard InChI is InChI=1S/C14H22N2O2/c1-17-12-5-6-14(13(15)11-12)18-10-9-16-7-3-2-4-8-16/h5-6,11H,2-4,7-10,15H2,1H3. The molecule has 1 heterocycles. The van der Waals surface area contributed by atoms with Gasteiger partial charge in [0.15, 0.2) is 0 Å². The molecule has 0 saturated carbocycles. The highest BCUT2D eigenvalue weighted by molar-refractivity contribution is 5.56. The van der Waals surface area contributed by atoms with Crippen molar-refractivity contribution in [3.8, 4) is 11.5 Å². The maximum absolute atomic E-state index is 5.90. The van der Waals surface area contributed by atoms with Gasteiger partial charge in [-0.15, -0.1) is 0 Å². The van der Waals surface area contributed by atoms with Crippen molar-refractivity contribution in [2.75, 3.05) is 39.1 Å². The Hall–Kier alpha value is -1.42. The summed E-state index contributed by atoms with van der Waals surface area (Å²) in [5.74, 6) is 1.50. The van der Waals surface area contributed by atoms with Gasteiger partial charge in [-0.25, -0.2) is 0 Å². The largest absolute Gasteiger partial charge is 0.497 e. The van der Waals surface area contributed by atoms with Gasteiger partial charge in [0, 0.05) is 12.6 Å². The summed E-state index contributed by atoms with van der Waals surface area (Å²) in [6.45, 7) is 4.06. The molecule has 1 aliphatic heterocycles. The molecule has 100 valence electrons. The van der Waals surface area contributed by atoms with Crippen LogP contribution in [0.1, 0.15) is 19.3 Å². The first kappa shape index (κ1) is 13.0. The second-order valence-corrected chi connectivity index (χ2v) is 4.65. The van der Waals surface area contributed by atoms with Crippen molar-refractivity contribution in [3.05, 3.63) is 18.2 Å². The van der Waals surface area contributed by atoms with Crippen molar-refractivity contribution in [3.63, 3.8) is 0 Å². The molecule has 1 aliphatic rings. The van der Waals surface area contributed by atoms with Gasteiger partial charge in [0.25, 0.3) is 0 Å². The zero-order valence-corrected chi connectivity index (χ0v) is 11.0. The van der Waals surface area contributed by atoms with E-state index in [9.17, 15) is 0 Å². The molecule has 18 heavy (non-hydrogen) atoms. The van der Waals surface area contributed by atoms with Gasteiger partial charge in [-0.05, 0) is 38.1 Å². The quantitative estimate of drug-likeness (QED) is 0.813. The van der Waals surface area contributed by atoms with Gasteiger partial charge < -0.3 is 15.2 Å². The number of piperidine rings is 1. The van der Waals surface area contributed by atoms with Crippen LogP contribution in [-0.2, 0) is 0 Å². The second-order valence-electron chi connectivity index (χ2n) is 4.65. The molecule has 0 spiro atoms. The molecule has 1 saturated heterocycles. The van der Waals surface area contributed by atoms with Crippen LogP contribution in [0.25, 0.3) is 0 Å². The second kappa shape index (κ2) is 6.50. The molecule has 0 aliphatic carbocycles. The van der Waals surface area contributed by atoms with E-state index in [4.69, 9.17) is 15.2 Å². The van der Waals surface area contributed by atoms with Crippen LogP contribution < -0.4 is 15.2 Å². The van der Waals surface area contributed by atoms with Crippen LogP contribution in [0.15, 0.2) is 18.2 Å². The van der Waals surface area contributed by atoms with Crippen molar-refractivity contribution in [2.45, 2.75) is 19.3 Å². The zero-order valence-electron chi connectivity index (χ0n) is 11.0. The number of nitrogen functional groups attached to an aromatic ring is 1. The van der Waals surface area contributed by atoms with E-state index in [1.165, 1.54) is 32.4 Å². The molecule has 0 atom stereocenters. The molecule has 0 unspecified atom stereocenters. The molecule has 0 amide bonds. The highest BCUT2D eigenvalue weighted by Gasteiger charge is 2.10. The average Bonchev–Trinajstić information content (AvgIpc) is 2.42. The number of ether oxygens (including phenoxy) is 2. The molecule has 0 bridgehead atoms. The number of nitrogens with two attached hydrogens (primary N) is 1. The molecule has 2 N–H and O–H groups in total. The smallest absolute Gasteiger partial charge is 0.142 e. The maximum atomic E-state index is 5.90. The van der Waals surface area contributed by atoms with Crippen LogP contribution in [-0.4, -0.2) is 38.3 Å². The number of hydrogen-bond donors (Lipinski definition) is 1. The lowest BCUT2D eigenvalue weighted by Gasteiger charge is -2.26. The Labute approximate surface area is 109 Å². The Morgan fingerprint density at radius 3 is 2.67 bits per heavy atom. The number of nitrogens with zero attached hydrogens (tertiary/aromatic N) is 1. The molecule has 1 fully saturated rings. The van der Waals surface area contributed by atoms with Gasteiger partial charge in [-0.2, -0.15) is 0 Å². The number of methoxy groups -OCH3 is 1. The van der Waals surface area contributed by atoms with Gasteiger partial charge in [0.2, 0.25) is 0 Å². The Bertz CT molecular complexity index is 376. The molecular formula is C14H22N2O2. The van der Waals surface area contributed by atoms with Gasteiger partial charge in [-0.3, -0.25) is 4.90 Å². The predicted molar refractivity (Wildman–Crippen MR) is 73.2 cm³/mol. The van der Waals surface area contributed by atoms with Gasteiger partial charge in [0.1, 0.15) is 18.1 Å². The molecule has 2 rings (SSSR count). The monoisotopic (exact) mass is 250 g/mol. The summed E-state index contributed by atoms with van der Waals surface area (Å²) in [6, 6.07) is 5.52. The summed E-state index contributed by atoms with van der Waals surface area (Å²) in [5.41, 5.74) is 6.53. The minimum atomic E-state index is 0.632. The Balaban J connectivity index is 1.79. The van der Waals surface area contributed by atoms with Crippen molar-refractivity contribution < 1.29 is 9.47 Å². The van der Waals surface area contributed by atoms with E-state index < -0.39 is 0 Å². The maximum Gasteiger partial charge on any atom is 0.142 e. The number of hydrogen-bond acceptors (Lipinski definition) is 4. The lowest BCUT2D eigenvalue weighted by Crippen LogP contribution is -2.33. The van der Waals surface area contributed by atoms with Crippen LogP contribution >= 0.6 is 0 Å². The summed E-state index contributed by atoms with van der Waals surface area (Å²) in [6.07, 6.45) is 3.98. The van der Waals surface area contributed by atoms with Crippen molar-refractivity contribution in [1.82, 2.24) is 4.90 Å². The summed E-state index contributed by atoms with van der Waals surface area (Å²) in [4.78, 5) is 2.45. The summed E-state index contributed by atoms with van der Waals surface area (Å²) < 4.78 is 10.8. The van der Waals surface area contributed by atoms with Crippen molar-refractivity contribution in [2.24, 2.45) is 0 Å². The van der Waals surface area contributed by atoms with Gasteiger partial charge in [0.05, 0.1) is 12.8 Å². The third-order valence-corrected chi connectivity index (χ3v) is 3.33. The SMILES string of the molecule is COc1ccc(OCCN2CCCCC2)c(N)c1. The topological polar surface area (TPSA) is 47.7 Å². The number of benzene rings is 1. The summed E-state index contributed by atoms with van der Waals surface area (Å²) >= 11 is 0. The number of anilines is 1. The minimum absolute atomic E-state index is 0.632. The fourth-order valence-corrected chi connectivity index (χ4v) is 2.25. The predicted octanol–water partition coefficient (Wildman–Crippen LogP) is 2.14. The summed E-state index contributed by atoms with van der Waals surface area (Å²) in [7, 11) is 1.63. The van der Waals surface area contributed by atoms with E-state index in [0.717, 1.165) is 18.0 Å². The molecular weight excluding hydrogens is 228 g/mol. The Kier molecular flexibility index (Phi) is 4.70. The summed E-state index contributed by atoms with van der Waals surface area (Å²) in [5, 5.41) is 0. The zero-order chi connectivity index (χ0) is 12.8. The van der Waals surface area contributed by atoms with Crippen LogP contribution in [0.3, 0.4) is 0 Å². The molecule has 0 radical (unpaired) electrons. The van der Waals surface area contributed by atoms with Crippen molar-refractivity contribution in [1.29, 1.82) is 0 Å². The third kappa shape index (κ3) is 3.53. The highest BCUT2D eigenvalue weighted by Crippen LogP contribution is 2.26. The normalized spacial score (nSPS) is 16.5. The first-order valence-corrected chi connectivity index (χ1v) is 6.58. The van der Waals surface area contributed by atoms with E-state index in [0.29, 0.717) is 12.3 Å². The van der Waals surface area contributed by atoms with Crippen LogP contribution in [0.4, 0.5) is 5.69 Å². The minimum Gasteiger partial charge on any atom is -0.497 e. The third-order valence-electron chi connectivity index (χ3n) is 3.33. The van der Waals surface area contributed by atoms with Crippen LogP contribution in [0, 0.1) is 0 Å². The van der Waals surface area contributed by atoms with Crippen molar-refractivity contribution >= 4 is 5.69 Å². The fraction of sp³-hybridized carbons (Fsp3) is 0.571. The fourth-order valence-electron chi connectivity index (χ4n) is 2.25. The van der Waals surface area contributed by atoms with Gasteiger partial charge >= 0.3 is 0 Å². The lowest BCUT2D eigenvalue weighted by molar-refractivity contribution is 0.184. The van der Waals surface area contributed by atoms with Crippen LogP contribution in [0.2, 0.25) is 0 Å².